The minimum absolute atomic E-state index is 0.0234. The molecule has 3 rings (SSSR count). The molecule has 1 aliphatic carbocycles. The molecule has 1 saturated carbocycles. The molecule has 0 bridgehead atoms. The molecule has 0 saturated heterocycles. The highest BCUT2D eigenvalue weighted by atomic mass is 16.5. The third-order valence-electron chi connectivity index (χ3n) is 3.59. The van der Waals surface area contributed by atoms with Crippen LogP contribution in [0.25, 0.3) is 0 Å². The van der Waals surface area contributed by atoms with Crippen molar-refractivity contribution in [3.8, 4) is 5.75 Å². The fourth-order valence-electron chi connectivity index (χ4n) is 2.37. The Morgan fingerprint density at radius 3 is 3.05 bits per heavy atom. The molecule has 0 amide bonds. The second-order valence-electron chi connectivity index (χ2n) is 5.07. The van der Waals surface area contributed by atoms with Gasteiger partial charge in [0.15, 0.2) is 0 Å². The highest BCUT2D eigenvalue weighted by Crippen LogP contribution is 2.37. The van der Waals surface area contributed by atoms with Crippen LogP contribution in [-0.4, -0.2) is 28.4 Å². The number of nitrogens with zero attached hydrogens (tertiary/aromatic N) is 2. The summed E-state index contributed by atoms with van der Waals surface area (Å²) in [6.07, 6.45) is 6.07. The maximum atomic E-state index is 9.68. The fourth-order valence-corrected chi connectivity index (χ4v) is 2.37. The number of aromatic nitrogens is 2. The number of rotatable bonds is 6. The Bertz CT molecular complexity index is 578. The number of methoxy groups -OCH3 is 1. The molecule has 0 aliphatic heterocycles. The highest BCUT2D eigenvalue weighted by molar-refractivity contribution is 5.49. The Kier molecular flexibility index (Phi) is 3.60. The normalized spacial score (nSPS) is 15.9. The van der Waals surface area contributed by atoms with Crippen LogP contribution in [0.4, 0.5) is 5.69 Å². The van der Waals surface area contributed by atoms with E-state index in [2.05, 4.69) is 14.9 Å². The zero-order valence-corrected chi connectivity index (χ0v) is 11.5. The quantitative estimate of drug-likeness (QED) is 0.848. The van der Waals surface area contributed by atoms with Crippen molar-refractivity contribution in [1.29, 1.82) is 0 Å². The molecule has 1 unspecified atom stereocenters. The van der Waals surface area contributed by atoms with E-state index >= 15 is 0 Å². The van der Waals surface area contributed by atoms with Crippen LogP contribution >= 0.6 is 0 Å². The van der Waals surface area contributed by atoms with Crippen LogP contribution in [0.2, 0.25) is 0 Å². The molecule has 5 heteroatoms. The summed E-state index contributed by atoms with van der Waals surface area (Å²) in [4.78, 5) is 4.21. The second kappa shape index (κ2) is 5.54. The first kappa shape index (κ1) is 13.0. The molecule has 5 nitrogen and oxygen atoms in total. The van der Waals surface area contributed by atoms with Crippen LogP contribution in [0.15, 0.2) is 36.8 Å². The molecular formula is C15H19N3O2. The van der Waals surface area contributed by atoms with Crippen molar-refractivity contribution in [2.24, 2.45) is 0 Å². The fraction of sp³-hybridized carbons (Fsp3) is 0.400. The average molecular weight is 273 g/mol. The minimum Gasteiger partial charge on any atom is -0.497 e. The Morgan fingerprint density at radius 2 is 2.35 bits per heavy atom. The molecule has 1 fully saturated rings. The number of aliphatic hydroxyl groups is 1. The van der Waals surface area contributed by atoms with Gasteiger partial charge >= 0.3 is 0 Å². The van der Waals surface area contributed by atoms with E-state index in [-0.39, 0.29) is 12.6 Å². The lowest BCUT2D eigenvalue weighted by molar-refractivity contribution is 0.272. The lowest BCUT2D eigenvalue weighted by atomic mass is 10.2. The van der Waals surface area contributed by atoms with Gasteiger partial charge in [0.25, 0.3) is 0 Å². The van der Waals surface area contributed by atoms with Gasteiger partial charge in [-0.15, -0.1) is 0 Å². The molecule has 2 N–H and O–H groups in total. The summed E-state index contributed by atoms with van der Waals surface area (Å²) in [6.45, 7) is 0.0234. The van der Waals surface area contributed by atoms with Gasteiger partial charge in [-0.3, -0.25) is 0 Å². The van der Waals surface area contributed by atoms with Crippen LogP contribution < -0.4 is 10.1 Å². The summed E-state index contributed by atoms with van der Waals surface area (Å²) >= 11 is 0. The van der Waals surface area contributed by atoms with Gasteiger partial charge in [0.1, 0.15) is 5.75 Å². The third kappa shape index (κ3) is 2.63. The molecule has 0 spiro atoms. The van der Waals surface area contributed by atoms with Crippen molar-refractivity contribution in [2.45, 2.75) is 24.9 Å². The molecule has 20 heavy (non-hydrogen) atoms. The van der Waals surface area contributed by atoms with Gasteiger partial charge in [-0.05, 0) is 25.0 Å². The van der Waals surface area contributed by atoms with Crippen LogP contribution in [0, 0.1) is 0 Å². The number of hydrogen-bond donors (Lipinski definition) is 2. The number of aliphatic hydroxyl groups excluding tert-OH is 1. The Labute approximate surface area is 118 Å². The van der Waals surface area contributed by atoms with Crippen molar-refractivity contribution in [1.82, 2.24) is 9.55 Å². The molecule has 1 aromatic carbocycles. The summed E-state index contributed by atoms with van der Waals surface area (Å²) < 4.78 is 7.37. The van der Waals surface area contributed by atoms with E-state index in [0.717, 1.165) is 17.1 Å². The summed E-state index contributed by atoms with van der Waals surface area (Å²) in [6, 6.07) is 8.09. The van der Waals surface area contributed by atoms with Gasteiger partial charge in [0, 0.05) is 17.8 Å². The van der Waals surface area contributed by atoms with Gasteiger partial charge in [-0.2, -0.15) is 0 Å². The van der Waals surface area contributed by atoms with Crippen molar-refractivity contribution < 1.29 is 9.84 Å². The van der Waals surface area contributed by atoms with Gasteiger partial charge in [0.05, 0.1) is 38.0 Å². The second-order valence-corrected chi connectivity index (χ2v) is 5.07. The maximum Gasteiger partial charge on any atom is 0.120 e. The van der Waals surface area contributed by atoms with Gasteiger partial charge in [-0.25, -0.2) is 4.98 Å². The standard InChI is InChI=1S/C15H19N3O2/c1-20-13-4-2-3-11(7-13)17-14(9-19)15-8-16-10-18(15)12-5-6-12/h2-4,7-8,10,12,14,17,19H,5-6,9H2,1H3. The van der Waals surface area contributed by atoms with E-state index in [4.69, 9.17) is 4.74 Å². The topological polar surface area (TPSA) is 59.3 Å². The first-order valence-electron chi connectivity index (χ1n) is 6.85. The predicted molar refractivity (Wildman–Crippen MR) is 76.9 cm³/mol. The number of benzene rings is 1. The zero-order valence-electron chi connectivity index (χ0n) is 11.5. The van der Waals surface area contributed by atoms with E-state index in [1.807, 2.05) is 36.8 Å². The van der Waals surface area contributed by atoms with E-state index in [1.165, 1.54) is 12.8 Å². The van der Waals surface area contributed by atoms with Crippen LogP contribution in [-0.2, 0) is 0 Å². The zero-order chi connectivity index (χ0) is 13.9. The third-order valence-corrected chi connectivity index (χ3v) is 3.59. The Balaban J connectivity index is 1.80. The number of hydrogen-bond acceptors (Lipinski definition) is 4. The predicted octanol–water partition coefficient (Wildman–Crippen LogP) is 2.37. The summed E-state index contributed by atoms with van der Waals surface area (Å²) in [5.74, 6) is 0.794. The van der Waals surface area contributed by atoms with Crippen LogP contribution in [0.1, 0.15) is 30.6 Å². The maximum absolute atomic E-state index is 9.68. The molecule has 1 heterocycles. The van der Waals surface area contributed by atoms with E-state index in [1.54, 1.807) is 7.11 Å². The molecular weight excluding hydrogens is 254 g/mol. The summed E-state index contributed by atoms with van der Waals surface area (Å²) in [5, 5.41) is 13.0. The van der Waals surface area contributed by atoms with E-state index in [0.29, 0.717) is 6.04 Å². The highest BCUT2D eigenvalue weighted by Gasteiger charge is 2.27. The summed E-state index contributed by atoms with van der Waals surface area (Å²) in [7, 11) is 1.64. The average Bonchev–Trinajstić information content (AvgIpc) is 3.22. The number of anilines is 1. The first-order valence-corrected chi connectivity index (χ1v) is 6.85. The van der Waals surface area contributed by atoms with E-state index < -0.39 is 0 Å². The first-order chi connectivity index (χ1) is 9.81. The number of ether oxygens (including phenoxy) is 1. The molecule has 1 aromatic heterocycles. The van der Waals surface area contributed by atoms with Gasteiger partial charge in [0.2, 0.25) is 0 Å². The molecule has 1 aliphatic rings. The van der Waals surface area contributed by atoms with E-state index in [9.17, 15) is 5.11 Å². The lowest BCUT2D eigenvalue weighted by Gasteiger charge is -2.19. The van der Waals surface area contributed by atoms with Crippen LogP contribution in [0.3, 0.4) is 0 Å². The molecule has 2 aromatic rings. The van der Waals surface area contributed by atoms with Crippen molar-refractivity contribution in [2.75, 3.05) is 19.0 Å². The Hall–Kier alpha value is -2.01. The van der Waals surface area contributed by atoms with Crippen molar-refractivity contribution in [3.63, 3.8) is 0 Å². The minimum atomic E-state index is -0.162. The monoisotopic (exact) mass is 273 g/mol. The molecule has 0 radical (unpaired) electrons. The van der Waals surface area contributed by atoms with Crippen LogP contribution in [0.5, 0.6) is 5.75 Å². The largest absolute Gasteiger partial charge is 0.497 e. The summed E-state index contributed by atoms with van der Waals surface area (Å²) in [5.41, 5.74) is 1.95. The van der Waals surface area contributed by atoms with Crippen molar-refractivity contribution in [3.05, 3.63) is 42.5 Å². The van der Waals surface area contributed by atoms with Crippen molar-refractivity contribution >= 4 is 5.69 Å². The van der Waals surface area contributed by atoms with Gasteiger partial charge in [-0.1, -0.05) is 6.07 Å². The number of nitrogens with one attached hydrogen (secondary N) is 1. The van der Waals surface area contributed by atoms with Gasteiger partial charge < -0.3 is 19.7 Å². The molecule has 106 valence electrons. The SMILES string of the molecule is COc1cccc(NC(CO)c2cncn2C2CC2)c1. The lowest BCUT2D eigenvalue weighted by Crippen LogP contribution is -2.18. The number of imidazole rings is 1. The molecule has 1 atom stereocenters. The smallest absolute Gasteiger partial charge is 0.120 e. The Morgan fingerprint density at radius 1 is 1.50 bits per heavy atom.